The lowest BCUT2D eigenvalue weighted by atomic mass is 9.92. The van der Waals surface area contributed by atoms with Crippen LogP contribution in [-0.4, -0.2) is 34.6 Å². The Bertz CT molecular complexity index is 1000. The summed E-state index contributed by atoms with van der Waals surface area (Å²) in [5.74, 6) is 1.39. The summed E-state index contributed by atoms with van der Waals surface area (Å²) in [4.78, 5) is 18.3. The third-order valence-electron chi connectivity index (χ3n) is 5.05. The topological polar surface area (TPSA) is 68.5 Å². The molecular weight excluding hydrogens is 390 g/mol. The molecule has 1 heterocycles. The van der Waals surface area contributed by atoms with Gasteiger partial charge in [-0.05, 0) is 73.2 Å². The largest absolute Gasteiger partial charge is 0.484 e. The van der Waals surface area contributed by atoms with Gasteiger partial charge in [0.2, 0.25) is 11.7 Å². The van der Waals surface area contributed by atoms with Crippen molar-refractivity contribution in [2.24, 2.45) is 0 Å². The number of carbonyl (C=O) groups is 1. The third-order valence-corrected chi connectivity index (χ3v) is 5.30. The molecule has 0 unspecified atom stereocenters. The van der Waals surface area contributed by atoms with Crippen LogP contribution in [0.5, 0.6) is 5.75 Å². The first-order valence-electron chi connectivity index (χ1n) is 9.65. The molecular formula is C22H22ClN3O3. The van der Waals surface area contributed by atoms with E-state index in [-0.39, 0.29) is 19.1 Å². The number of aryl methyl sites for hydroxylation is 2. The normalized spacial score (nSPS) is 13.0. The average Bonchev–Trinajstić information content (AvgIpc) is 3.20. The van der Waals surface area contributed by atoms with Gasteiger partial charge < -0.3 is 14.2 Å². The number of aromatic nitrogens is 2. The van der Waals surface area contributed by atoms with Crippen molar-refractivity contribution in [3.63, 3.8) is 0 Å². The van der Waals surface area contributed by atoms with E-state index in [1.54, 1.807) is 19.2 Å². The summed E-state index contributed by atoms with van der Waals surface area (Å²) in [5.41, 5.74) is 3.52. The van der Waals surface area contributed by atoms with E-state index in [2.05, 4.69) is 22.3 Å². The summed E-state index contributed by atoms with van der Waals surface area (Å²) >= 11 is 5.90. The summed E-state index contributed by atoms with van der Waals surface area (Å²) in [6.45, 7) is 0.181. The zero-order valence-corrected chi connectivity index (χ0v) is 17.0. The molecule has 0 saturated heterocycles. The standard InChI is InChI=1S/C22H22ClN3O3/c1-26(13-20-24-22(25-29-20)16-6-9-18(23)10-7-16)21(27)14-28-19-11-8-15-4-2-3-5-17(15)12-19/h6-12H,2-5,13-14H2,1H3. The van der Waals surface area contributed by atoms with Crippen LogP contribution < -0.4 is 4.74 Å². The maximum atomic E-state index is 12.4. The summed E-state index contributed by atoms with van der Waals surface area (Å²) in [5, 5.41) is 4.61. The Hall–Kier alpha value is -2.86. The molecule has 1 aromatic heterocycles. The Morgan fingerprint density at radius 2 is 1.90 bits per heavy atom. The highest BCUT2D eigenvalue weighted by atomic mass is 35.5. The van der Waals surface area contributed by atoms with Crippen LogP contribution in [0.1, 0.15) is 29.9 Å². The van der Waals surface area contributed by atoms with Gasteiger partial charge in [0.05, 0.1) is 6.54 Å². The van der Waals surface area contributed by atoms with E-state index in [1.807, 2.05) is 18.2 Å². The number of ether oxygens (including phenoxy) is 1. The number of carbonyl (C=O) groups excluding carboxylic acids is 1. The minimum atomic E-state index is -0.158. The molecule has 0 atom stereocenters. The molecule has 150 valence electrons. The lowest BCUT2D eigenvalue weighted by Gasteiger charge is -2.18. The lowest BCUT2D eigenvalue weighted by molar-refractivity contribution is -0.132. The molecule has 0 bridgehead atoms. The number of hydrogen-bond acceptors (Lipinski definition) is 5. The van der Waals surface area contributed by atoms with Gasteiger partial charge in [0.1, 0.15) is 5.75 Å². The van der Waals surface area contributed by atoms with Gasteiger partial charge in [-0.2, -0.15) is 4.98 Å². The predicted molar refractivity (Wildman–Crippen MR) is 110 cm³/mol. The monoisotopic (exact) mass is 411 g/mol. The Balaban J connectivity index is 1.32. The molecule has 1 amide bonds. The van der Waals surface area contributed by atoms with Gasteiger partial charge in [0, 0.05) is 17.6 Å². The van der Waals surface area contributed by atoms with Crippen LogP contribution in [0.25, 0.3) is 11.4 Å². The van der Waals surface area contributed by atoms with E-state index in [9.17, 15) is 4.79 Å². The highest BCUT2D eigenvalue weighted by Gasteiger charge is 2.16. The van der Waals surface area contributed by atoms with Crippen molar-refractivity contribution in [1.82, 2.24) is 15.0 Å². The van der Waals surface area contributed by atoms with Gasteiger partial charge in [0.15, 0.2) is 6.61 Å². The Morgan fingerprint density at radius 3 is 2.69 bits per heavy atom. The van der Waals surface area contributed by atoms with Crippen LogP contribution in [0.4, 0.5) is 0 Å². The van der Waals surface area contributed by atoms with E-state index >= 15 is 0 Å². The van der Waals surface area contributed by atoms with Crippen LogP contribution in [-0.2, 0) is 24.2 Å². The highest BCUT2D eigenvalue weighted by Crippen LogP contribution is 2.25. The van der Waals surface area contributed by atoms with Crippen molar-refractivity contribution in [2.45, 2.75) is 32.2 Å². The Morgan fingerprint density at radius 1 is 1.14 bits per heavy atom. The molecule has 0 radical (unpaired) electrons. The molecule has 1 aliphatic rings. The van der Waals surface area contributed by atoms with Crippen LogP contribution in [0.3, 0.4) is 0 Å². The fraction of sp³-hybridized carbons (Fsp3) is 0.318. The number of amides is 1. The Labute approximate surface area is 174 Å². The van der Waals surface area contributed by atoms with Crippen molar-refractivity contribution in [3.05, 3.63) is 64.5 Å². The smallest absolute Gasteiger partial charge is 0.260 e. The molecule has 3 aromatic rings. The van der Waals surface area contributed by atoms with Crippen LogP contribution in [0.15, 0.2) is 47.0 Å². The Kier molecular flexibility index (Phi) is 5.81. The van der Waals surface area contributed by atoms with Gasteiger partial charge in [-0.3, -0.25) is 4.79 Å². The fourth-order valence-electron chi connectivity index (χ4n) is 3.38. The number of fused-ring (bicyclic) bond motifs is 1. The maximum absolute atomic E-state index is 12.4. The van der Waals surface area contributed by atoms with Crippen LogP contribution in [0, 0.1) is 0 Å². The first-order chi connectivity index (χ1) is 14.1. The molecule has 7 heteroatoms. The SMILES string of the molecule is CN(Cc1nc(-c2ccc(Cl)cc2)no1)C(=O)COc1ccc2c(c1)CCCC2. The molecule has 0 saturated carbocycles. The van der Waals surface area contributed by atoms with Gasteiger partial charge in [-0.25, -0.2) is 0 Å². The average molecular weight is 412 g/mol. The third kappa shape index (κ3) is 4.77. The lowest BCUT2D eigenvalue weighted by Crippen LogP contribution is -2.31. The summed E-state index contributed by atoms with van der Waals surface area (Å²) in [6, 6.07) is 13.3. The van der Waals surface area contributed by atoms with E-state index in [0.717, 1.165) is 24.2 Å². The van der Waals surface area contributed by atoms with Gasteiger partial charge >= 0.3 is 0 Å². The molecule has 29 heavy (non-hydrogen) atoms. The summed E-state index contributed by atoms with van der Waals surface area (Å²) < 4.78 is 11.0. The maximum Gasteiger partial charge on any atom is 0.260 e. The van der Waals surface area contributed by atoms with Crippen molar-refractivity contribution < 1.29 is 14.1 Å². The van der Waals surface area contributed by atoms with Crippen LogP contribution in [0.2, 0.25) is 5.02 Å². The van der Waals surface area contributed by atoms with Crippen LogP contribution >= 0.6 is 11.6 Å². The van der Waals surface area contributed by atoms with E-state index < -0.39 is 0 Å². The zero-order valence-electron chi connectivity index (χ0n) is 16.2. The minimum absolute atomic E-state index is 0.0343. The molecule has 0 spiro atoms. The van der Waals surface area contributed by atoms with E-state index in [1.165, 1.54) is 28.9 Å². The number of halogens is 1. The van der Waals surface area contributed by atoms with E-state index in [0.29, 0.717) is 16.7 Å². The molecule has 4 rings (SSSR count). The van der Waals surface area contributed by atoms with Crippen molar-refractivity contribution >= 4 is 17.5 Å². The second kappa shape index (κ2) is 8.66. The zero-order chi connectivity index (χ0) is 20.2. The number of hydrogen-bond donors (Lipinski definition) is 0. The van der Waals surface area contributed by atoms with Crippen molar-refractivity contribution in [1.29, 1.82) is 0 Å². The molecule has 1 aliphatic carbocycles. The number of nitrogens with zero attached hydrogens (tertiary/aromatic N) is 3. The van der Waals surface area contributed by atoms with Gasteiger partial charge in [0.25, 0.3) is 5.91 Å². The van der Waals surface area contributed by atoms with Crippen molar-refractivity contribution in [3.8, 4) is 17.1 Å². The number of likely N-dealkylation sites (N-methyl/N-ethyl adjacent to an activating group) is 1. The molecule has 0 aliphatic heterocycles. The summed E-state index contributed by atoms with van der Waals surface area (Å²) in [7, 11) is 1.69. The highest BCUT2D eigenvalue weighted by molar-refractivity contribution is 6.30. The second-order valence-electron chi connectivity index (χ2n) is 7.19. The summed E-state index contributed by atoms with van der Waals surface area (Å²) in [6.07, 6.45) is 4.65. The molecule has 2 aromatic carbocycles. The number of rotatable bonds is 6. The van der Waals surface area contributed by atoms with Crippen molar-refractivity contribution in [2.75, 3.05) is 13.7 Å². The molecule has 0 fully saturated rings. The predicted octanol–water partition coefficient (Wildman–Crippen LogP) is 4.31. The first-order valence-corrected chi connectivity index (χ1v) is 10.0. The second-order valence-corrected chi connectivity index (χ2v) is 7.63. The first kappa shape index (κ1) is 19.5. The number of benzene rings is 2. The quantitative estimate of drug-likeness (QED) is 0.604. The van der Waals surface area contributed by atoms with Gasteiger partial charge in [-0.15, -0.1) is 0 Å². The fourth-order valence-corrected chi connectivity index (χ4v) is 3.51. The minimum Gasteiger partial charge on any atom is -0.484 e. The van der Waals surface area contributed by atoms with E-state index in [4.69, 9.17) is 20.9 Å². The van der Waals surface area contributed by atoms with Gasteiger partial charge in [-0.1, -0.05) is 22.8 Å². The molecule has 6 nitrogen and oxygen atoms in total. The molecule has 0 N–H and O–H groups in total.